The summed E-state index contributed by atoms with van der Waals surface area (Å²) < 4.78 is 44.5. The van der Waals surface area contributed by atoms with E-state index in [0.717, 1.165) is 12.7 Å². The third-order valence-electron chi connectivity index (χ3n) is 3.12. The molecule has 1 fully saturated rings. The van der Waals surface area contributed by atoms with E-state index in [0.29, 0.717) is 30.0 Å². The fourth-order valence-corrected chi connectivity index (χ4v) is 2.20. The molecule has 2 nitrogen and oxygen atoms in total. The van der Waals surface area contributed by atoms with Gasteiger partial charge in [0.05, 0.1) is 5.56 Å². The van der Waals surface area contributed by atoms with Crippen molar-refractivity contribution in [1.29, 1.82) is 0 Å². The highest BCUT2D eigenvalue weighted by Crippen LogP contribution is 2.36. The van der Waals surface area contributed by atoms with Crippen LogP contribution in [0.5, 0.6) is 0 Å². The lowest BCUT2D eigenvalue weighted by Crippen LogP contribution is -2.13. The van der Waals surface area contributed by atoms with Crippen molar-refractivity contribution < 1.29 is 17.9 Å². The van der Waals surface area contributed by atoms with Crippen LogP contribution in [0, 0.1) is 5.92 Å². The Morgan fingerprint density at radius 2 is 2.05 bits per heavy atom. The van der Waals surface area contributed by atoms with Crippen molar-refractivity contribution in [2.45, 2.75) is 25.4 Å². The molecule has 2 rings (SSSR count). The minimum Gasteiger partial charge on any atom is -0.384 e. The van der Waals surface area contributed by atoms with Gasteiger partial charge in [0.2, 0.25) is 0 Å². The van der Waals surface area contributed by atoms with Crippen molar-refractivity contribution in [2.24, 2.45) is 5.92 Å². The highest BCUT2D eigenvalue weighted by Gasteiger charge is 2.33. The normalized spacial score (nSPS) is 15.4. The molecule has 0 amide bonds. The van der Waals surface area contributed by atoms with E-state index in [4.69, 9.17) is 4.74 Å². The van der Waals surface area contributed by atoms with Gasteiger partial charge in [0.1, 0.15) is 0 Å². The summed E-state index contributed by atoms with van der Waals surface area (Å²) in [7, 11) is 0. The van der Waals surface area contributed by atoms with E-state index in [1.807, 2.05) is 0 Å². The van der Waals surface area contributed by atoms with Crippen LogP contribution in [-0.4, -0.2) is 19.8 Å². The van der Waals surface area contributed by atoms with E-state index < -0.39 is 11.7 Å². The zero-order chi connectivity index (χ0) is 14.6. The molecule has 112 valence electrons. The molecular formula is C14H17BrF3NO. The van der Waals surface area contributed by atoms with E-state index in [9.17, 15) is 13.2 Å². The molecule has 1 aliphatic carbocycles. The molecule has 20 heavy (non-hydrogen) atoms. The number of nitrogens with one attached hydrogen (secondary N) is 1. The minimum absolute atomic E-state index is 0.114. The molecule has 0 saturated heterocycles. The zero-order valence-corrected chi connectivity index (χ0v) is 12.6. The molecule has 6 heteroatoms. The Balaban J connectivity index is 1.79. The summed E-state index contributed by atoms with van der Waals surface area (Å²) in [6.07, 6.45) is -1.17. The lowest BCUT2D eigenvalue weighted by Gasteiger charge is -2.15. The Bertz CT molecular complexity index is 447. The van der Waals surface area contributed by atoms with Gasteiger partial charge in [-0.2, -0.15) is 13.2 Å². The van der Waals surface area contributed by atoms with Crippen molar-refractivity contribution in [3.05, 3.63) is 28.2 Å². The minimum atomic E-state index is -4.35. The van der Waals surface area contributed by atoms with Crippen LogP contribution in [-0.2, 0) is 10.9 Å². The monoisotopic (exact) mass is 351 g/mol. The summed E-state index contributed by atoms with van der Waals surface area (Å²) in [5.41, 5.74) is -0.534. The first-order valence-electron chi connectivity index (χ1n) is 6.65. The highest BCUT2D eigenvalue weighted by atomic mass is 79.9. The van der Waals surface area contributed by atoms with Gasteiger partial charge >= 0.3 is 6.18 Å². The van der Waals surface area contributed by atoms with Crippen molar-refractivity contribution >= 4 is 21.6 Å². The molecule has 0 bridgehead atoms. The van der Waals surface area contributed by atoms with Crippen LogP contribution >= 0.6 is 15.9 Å². The van der Waals surface area contributed by atoms with E-state index in [1.54, 1.807) is 6.07 Å². The van der Waals surface area contributed by atoms with Gasteiger partial charge in [0, 0.05) is 29.9 Å². The van der Waals surface area contributed by atoms with E-state index in [-0.39, 0.29) is 5.69 Å². The van der Waals surface area contributed by atoms with Gasteiger partial charge in [0.15, 0.2) is 0 Å². The van der Waals surface area contributed by atoms with Crippen molar-refractivity contribution in [2.75, 3.05) is 25.1 Å². The Morgan fingerprint density at radius 1 is 1.30 bits per heavy atom. The van der Waals surface area contributed by atoms with Gasteiger partial charge in [-0.15, -0.1) is 0 Å². The van der Waals surface area contributed by atoms with Crippen LogP contribution in [0.4, 0.5) is 18.9 Å². The number of hydrogen-bond acceptors (Lipinski definition) is 2. The van der Waals surface area contributed by atoms with Crippen LogP contribution in [0.1, 0.15) is 24.8 Å². The van der Waals surface area contributed by atoms with Crippen LogP contribution in [0.25, 0.3) is 0 Å². The second-order valence-corrected chi connectivity index (χ2v) is 5.90. The smallest absolute Gasteiger partial charge is 0.384 e. The summed E-state index contributed by atoms with van der Waals surface area (Å²) >= 11 is 3.06. The number of rotatable bonds is 7. The quantitative estimate of drug-likeness (QED) is 0.719. The van der Waals surface area contributed by atoms with Gasteiger partial charge in [0.25, 0.3) is 0 Å². The lowest BCUT2D eigenvalue weighted by molar-refractivity contribution is -0.137. The average Bonchev–Trinajstić information content (AvgIpc) is 3.18. The SMILES string of the molecule is FC(F)(F)c1cc(Br)ccc1NCCCOCC1CC1. The molecule has 0 atom stereocenters. The van der Waals surface area contributed by atoms with Crippen molar-refractivity contribution in [3.63, 3.8) is 0 Å². The maximum Gasteiger partial charge on any atom is 0.418 e. The number of anilines is 1. The molecular weight excluding hydrogens is 335 g/mol. The van der Waals surface area contributed by atoms with Gasteiger partial charge < -0.3 is 10.1 Å². The number of benzene rings is 1. The molecule has 0 aromatic heterocycles. The van der Waals surface area contributed by atoms with E-state index in [1.165, 1.54) is 18.9 Å². The summed E-state index contributed by atoms with van der Waals surface area (Å²) in [6, 6.07) is 4.13. The lowest BCUT2D eigenvalue weighted by atomic mass is 10.1. The van der Waals surface area contributed by atoms with Crippen LogP contribution < -0.4 is 5.32 Å². The highest BCUT2D eigenvalue weighted by molar-refractivity contribution is 9.10. The number of alkyl halides is 3. The first-order valence-corrected chi connectivity index (χ1v) is 7.44. The second-order valence-electron chi connectivity index (χ2n) is 4.99. The maximum atomic E-state index is 12.9. The van der Waals surface area contributed by atoms with Crippen molar-refractivity contribution in [3.8, 4) is 0 Å². The summed E-state index contributed by atoms with van der Waals surface area (Å²) in [5.74, 6) is 0.714. The second kappa shape index (κ2) is 6.80. The summed E-state index contributed by atoms with van der Waals surface area (Å²) in [6.45, 7) is 1.84. The fourth-order valence-electron chi connectivity index (χ4n) is 1.84. The van der Waals surface area contributed by atoms with Gasteiger partial charge in [-0.3, -0.25) is 0 Å². The molecule has 1 aliphatic rings. The Hall–Kier alpha value is -0.750. The Labute approximate surface area is 124 Å². The van der Waals surface area contributed by atoms with E-state index >= 15 is 0 Å². The van der Waals surface area contributed by atoms with Gasteiger partial charge in [-0.25, -0.2) is 0 Å². The third kappa shape index (κ3) is 4.98. The van der Waals surface area contributed by atoms with Crippen LogP contribution in [0.3, 0.4) is 0 Å². The molecule has 1 saturated carbocycles. The summed E-state index contributed by atoms with van der Waals surface area (Å²) in [5, 5.41) is 2.83. The first-order chi connectivity index (χ1) is 9.47. The predicted molar refractivity (Wildman–Crippen MR) is 75.8 cm³/mol. The molecule has 0 spiro atoms. The largest absolute Gasteiger partial charge is 0.418 e. The van der Waals surface area contributed by atoms with Gasteiger partial charge in [-0.1, -0.05) is 15.9 Å². The molecule has 0 aliphatic heterocycles. The topological polar surface area (TPSA) is 21.3 Å². The first kappa shape index (κ1) is 15.6. The standard InChI is InChI=1S/C14H17BrF3NO/c15-11-4-5-13(12(8-11)14(16,17)18)19-6-1-7-20-9-10-2-3-10/h4-5,8,10,19H,1-3,6-7,9H2. The molecule has 0 heterocycles. The maximum absolute atomic E-state index is 12.9. The number of hydrogen-bond donors (Lipinski definition) is 1. The van der Waals surface area contributed by atoms with Crippen LogP contribution in [0.2, 0.25) is 0 Å². The predicted octanol–water partition coefficient (Wildman–Crippen LogP) is 4.70. The molecule has 1 aromatic carbocycles. The average molecular weight is 352 g/mol. The Morgan fingerprint density at radius 3 is 2.70 bits per heavy atom. The fraction of sp³-hybridized carbons (Fsp3) is 0.571. The number of ether oxygens (including phenoxy) is 1. The van der Waals surface area contributed by atoms with Crippen molar-refractivity contribution in [1.82, 2.24) is 0 Å². The zero-order valence-electron chi connectivity index (χ0n) is 11.0. The van der Waals surface area contributed by atoms with Crippen LogP contribution in [0.15, 0.2) is 22.7 Å². The Kier molecular flexibility index (Phi) is 5.32. The third-order valence-corrected chi connectivity index (χ3v) is 3.61. The molecule has 1 aromatic rings. The van der Waals surface area contributed by atoms with Gasteiger partial charge in [-0.05, 0) is 43.4 Å². The van der Waals surface area contributed by atoms with E-state index in [2.05, 4.69) is 21.2 Å². The molecule has 0 unspecified atom stereocenters. The molecule has 1 N–H and O–H groups in total. The molecule has 0 radical (unpaired) electrons. The summed E-state index contributed by atoms with van der Waals surface area (Å²) in [4.78, 5) is 0. The number of halogens is 4.